The first-order chi connectivity index (χ1) is 10.4. The Hall–Kier alpha value is -1.80. The van der Waals surface area contributed by atoms with Gasteiger partial charge in [0.2, 0.25) is 0 Å². The molecule has 104 valence electrons. The van der Waals surface area contributed by atoms with Crippen molar-refractivity contribution in [2.75, 3.05) is 0 Å². The molecule has 21 heavy (non-hydrogen) atoms. The Balaban J connectivity index is 1.66. The van der Waals surface area contributed by atoms with Gasteiger partial charge in [0.05, 0.1) is 10.9 Å². The first-order valence-electron chi connectivity index (χ1n) is 7.49. The van der Waals surface area contributed by atoms with Crippen molar-refractivity contribution in [2.24, 2.45) is 0 Å². The van der Waals surface area contributed by atoms with Crippen molar-refractivity contribution in [3.8, 4) is 0 Å². The normalized spacial score (nSPS) is 17.6. The Bertz CT molecular complexity index is 781. The van der Waals surface area contributed by atoms with E-state index in [1.165, 1.54) is 46.2 Å². The second-order valence-electron chi connectivity index (χ2n) is 5.56. The summed E-state index contributed by atoms with van der Waals surface area (Å²) in [6.45, 7) is 0. The van der Waals surface area contributed by atoms with Crippen LogP contribution in [0.3, 0.4) is 0 Å². The number of aromatic nitrogens is 1. The van der Waals surface area contributed by atoms with Crippen LogP contribution in [-0.2, 0) is 6.42 Å². The maximum absolute atomic E-state index is 4.64. The van der Waals surface area contributed by atoms with Crippen molar-refractivity contribution in [1.82, 2.24) is 4.98 Å². The monoisotopic (exact) mass is 291 g/mol. The smallest absolute Gasteiger partial charge is 0.0569 e. The largest absolute Gasteiger partial charge is 0.260 e. The number of rotatable bonds is 2. The van der Waals surface area contributed by atoms with Gasteiger partial charge < -0.3 is 0 Å². The third-order valence-corrected chi connectivity index (χ3v) is 5.41. The first kappa shape index (κ1) is 12.9. The number of hydrogen-bond donors (Lipinski definition) is 0. The predicted octanol–water partition coefficient (Wildman–Crippen LogP) is 5.40. The van der Waals surface area contributed by atoms with Crippen LogP contribution in [0, 0.1) is 0 Å². The molecule has 0 fully saturated rings. The molecule has 0 spiro atoms. The van der Waals surface area contributed by atoms with Crippen molar-refractivity contribution in [3.63, 3.8) is 0 Å². The molecule has 1 aromatic heterocycles. The van der Waals surface area contributed by atoms with Crippen LogP contribution in [-0.4, -0.2) is 4.98 Å². The van der Waals surface area contributed by atoms with Crippen LogP contribution in [0.15, 0.2) is 65.7 Å². The first-order valence-corrected chi connectivity index (χ1v) is 8.37. The van der Waals surface area contributed by atoms with Crippen molar-refractivity contribution in [3.05, 3.63) is 72.1 Å². The van der Waals surface area contributed by atoms with Crippen LogP contribution in [0.5, 0.6) is 0 Å². The summed E-state index contributed by atoms with van der Waals surface area (Å²) in [7, 11) is 0. The lowest BCUT2D eigenvalue weighted by Gasteiger charge is -2.23. The summed E-state index contributed by atoms with van der Waals surface area (Å²) in [5.74, 6) is 0. The second kappa shape index (κ2) is 5.53. The molecule has 1 aliphatic rings. The quantitative estimate of drug-likeness (QED) is 0.626. The van der Waals surface area contributed by atoms with Gasteiger partial charge in [0.15, 0.2) is 0 Å². The SMILES string of the molecule is c1cnc2c(c1)CCCC2Sc1ccc2ccccc2c1. The molecule has 4 rings (SSSR count). The fourth-order valence-electron chi connectivity index (χ4n) is 3.09. The number of pyridine rings is 1. The lowest BCUT2D eigenvalue weighted by atomic mass is 9.96. The third-order valence-electron chi connectivity index (χ3n) is 4.14. The molecule has 1 atom stereocenters. The van der Waals surface area contributed by atoms with Crippen molar-refractivity contribution in [2.45, 2.75) is 29.4 Å². The number of hydrogen-bond acceptors (Lipinski definition) is 2. The highest BCUT2D eigenvalue weighted by atomic mass is 32.2. The molecular formula is C19H17NS. The highest BCUT2D eigenvalue weighted by molar-refractivity contribution is 7.99. The maximum atomic E-state index is 4.64. The molecule has 0 N–H and O–H groups in total. The molecule has 2 aromatic carbocycles. The number of nitrogens with zero attached hydrogens (tertiary/aromatic N) is 1. The third kappa shape index (κ3) is 2.56. The predicted molar refractivity (Wildman–Crippen MR) is 89.7 cm³/mol. The highest BCUT2D eigenvalue weighted by Gasteiger charge is 2.22. The van der Waals surface area contributed by atoms with E-state index in [-0.39, 0.29) is 0 Å². The lowest BCUT2D eigenvalue weighted by molar-refractivity contribution is 0.656. The van der Waals surface area contributed by atoms with E-state index in [0.717, 1.165) is 0 Å². The molecule has 0 saturated carbocycles. The van der Waals surface area contributed by atoms with Crippen LogP contribution in [0.1, 0.15) is 29.3 Å². The van der Waals surface area contributed by atoms with E-state index in [1.54, 1.807) is 0 Å². The number of benzene rings is 2. The zero-order valence-corrected chi connectivity index (χ0v) is 12.6. The molecule has 0 aliphatic heterocycles. The minimum atomic E-state index is 0.496. The summed E-state index contributed by atoms with van der Waals surface area (Å²) in [6.07, 6.45) is 5.60. The Labute approximate surface area is 129 Å². The second-order valence-corrected chi connectivity index (χ2v) is 6.83. The maximum Gasteiger partial charge on any atom is 0.0569 e. The molecule has 0 bridgehead atoms. The van der Waals surface area contributed by atoms with Gasteiger partial charge in [-0.2, -0.15) is 0 Å². The molecule has 1 nitrogen and oxygen atoms in total. The highest BCUT2D eigenvalue weighted by Crippen LogP contribution is 2.42. The Morgan fingerprint density at radius 2 is 1.86 bits per heavy atom. The fraction of sp³-hybridized carbons (Fsp3) is 0.211. The summed E-state index contributed by atoms with van der Waals surface area (Å²) in [4.78, 5) is 5.98. The van der Waals surface area contributed by atoms with Crippen LogP contribution < -0.4 is 0 Å². The molecule has 0 saturated heterocycles. The van der Waals surface area contributed by atoms with E-state index in [4.69, 9.17) is 0 Å². The summed E-state index contributed by atoms with van der Waals surface area (Å²) in [6, 6.07) is 19.6. The summed E-state index contributed by atoms with van der Waals surface area (Å²) < 4.78 is 0. The molecule has 1 aliphatic carbocycles. The van der Waals surface area contributed by atoms with Gasteiger partial charge >= 0.3 is 0 Å². The van der Waals surface area contributed by atoms with E-state index in [1.807, 2.05) is 18.0 Å². The van der Waals surface area contributed by atoms with Gasteiger partial charge in [-0.15, -0.1) is 11.8 Å². The molecular weight excluding hydrogens is 274 g/mol. The van der Waals surface area contributed by atoms with Crippen molar-refractivity contribution in [1.29, 1.82) is 0 Å². The van der Waals surface area contributed by atoms with Crippen molar-refractivity contribution >= 4 is 22.5 Å². The van der Waals surface area contributed by atoms with Gasteiger partial charge in [-0.25, -0.2) is 0 Å². The minimum Gasteiger partial charge on any atom is -0.260 e. The van der Waals surface area contributed by atoms with Crippen LogP contribution in [0.25, 0.3) is 10.8 Å². The van der Waals surface area contributed by atoms with Gasteiger partial charge in [0, 0.05) is 11.1 Å². The van der Waals surface area contributed by atoms with Gasteiger partial charge in [-0.1, -0.05) is 36.4 Å². The lowest BCUT2D eigenvalue weighted by Crippen LogP contribution is -2.08. The van der Waals surface area contributed by atoms with E-state index < -0.39 is 0 Å². The van der Waals surface area contributed by atoms with Gasteiger partial charge in [-0.3, -0.25) is 4.98 Å². The topological polar surface area (TPSA) is 12.9 Å². The summed E-state index contributed by atoms with van der Waals surface area (Å²) >= 11 is 1.96. The van der Waals surface area contributed by atoms with E-state index in [2.05, 4.69) is 59.6 Å². The number of thioether (sulfide) groups is 1. The van der Waals surface area contributed by atoms with E-state index in [0.29, 0.717) is 5.25 Å². The summed E-state index contributed by atoms with van der Waals surface area (Å²) in [5, 5.41) is 3.12. The minimum absolute atomic E-state index is 0.496. The van der Waals surface area contributed by atoms with Crippen LogP contribution >= 0.6 is 11.8 Å². The van der Waals surface area contributed by atoms with Gasteiger partial charge in [0.1, 0.15) is 0 Å². The van der Waals surface area contributed by atoms with Crippen molar-refractivity contribution < 1.29 is 0 Å². The van der Waals surface area contributed by atoms with Crippen LogP contribution in [0.2, 0.25) is 0 Å². The molecule has 0 amide bonds. The molecule has 2 heteroatoms. The number of fused-ring (bicyclic) bond motifs is 2. The molecule has 1 unspecified atom stereocenters. The molecule has 3 aromatic rings. The fourth-order valence-corrected chi connectivity index (χ4v) is 4.37. The Morgan fingerprint density at radius 3 is 2.81 bits per heavy atom. The van der Waals surface area contributed by atoms with Crippen LogP contribution in [0.4, 0.5) is 0 Å². The average molecular weight is 291 g/mol. The molecule has 1 heterocycles. The summed E-state index contributed by atoms with van der Waals surface area (Å²) in [5.41, 5.74) is 2.73. The zero-order valence-electron chi connectivity index (χ0n) is 11.8. The number of aryl methyl sites for hydroxylation is 1. The van der Waals surface area contributed by atoms with Gasteiger partial charge in [0.25, 0.3) is 0 Å². The Kier molecular flexibility index (Phi) is 3.40. The van der Waals surface area contributed by atoms with E-state index >= 15 is 0 Å². The molecule has 0 radical (unpaired) electrons. The standard InChI is InChI=1S/C19H17NS/c1-2-6-16-13-17(11-10-14(16)5-1)21-18-9-3-7-15-8-4-12-20-19(15)18/h1-2,4-6,8,10-13,18H,3,7,9H2. The zero-order chi connectivity index (χ0) is 14.1. The Morgan fingerprint density at radius 1 is 0.952 bits per heavy atom. The van der Waals surface area contributed by atoms with Gasteiger partial charge in [-0.05, 0) is 53.8 Å². The average Bonchev–Trinajstić information content (AvgIpc) is 2.55. The van der Waals surface area contributed by atoms with E-state index in [9.17, 15) is 0 Å².